The number of aliphatic hydroxyl groups excluding tert-OH is 2. The molecule has 2 N–H and O–H groups in total. The molecule has 1 heterocycles. The van der Waals surface area contributed by atoms with Crippen molar-refractivity contribution in [2.45, 2.75) is 94.0 Å². The molecule has 0 aromatic heterocycles. The van der Waals surface area contributed by atoms with Crippen LogP contribution in [-0.4, -0.2) is 77.9 Å². The lowest BCUT2D eigenvalue weighted by Gasteiger charge is -2.48. The van der Waals surface area contributed by atoms with Crippen LogP contribution in [0.3, 0.4) is 0 Å². The van der Waals surface area contributed by atoms with Gasteiger partial charge in [-0.05, 0) is 33.3 Å². The van der Waals surface area contributed by atoms with Crippen molar-refractivity contribution in [1.29, 1.82) is 0 Å². The van der Waals surface area contributed by atoms with E-state index in [1.807, 2.05) is 121 Å². The van der Waals surface area contributed by atoms with Gasteiger partial charge in [0.05, 0.1) is 51.3 Å². The lowest BCUT2D eigenvalue weighted by atomic mass is 9.86. The minimum Gasteiger partial charge on any atom is -0.390 e. The first-order valence-corrected chi connectivity index (χ1v) is 17.9. The largest absolute Gasteiger partial charge is 0.390 e. The van der Waals surface area contributed by atoms with E-state index < -0.39 is 61.2 Å². The van der Waals surface area contributed by atoms with Gasteiger partial charge in [0.1, 0.15) is 36.6 Å². The Morgan fingerprint density at radius 3 is 1.44 bits per heavy atom. The summed E-state index contributed by atoms with van der Waals surface area (Å²) < 4.78 is 38.8. The minimum atomic E-state index is -1.33. The molecule has 0 spiro atoms. The van der Waals surface area contributed by atoms with Crippen molar-refractivity contribution in [3.63, 3.8) is 0 Å². The molecule has 1 saturated heterocycles. The highest BCUT2D eigenvalue weighted by Gasteiger charge is 2.52. The molecule has 1 saturated carbocycles. The van der Waals surface area contributed by atoms with Gasteiger partial charge in [0.25, 0.3) is 0 Å². The van der Waals surface area contributed by atoms with Crippen LogP contribution in [0.4, 0.5) is 0 Å². The smallest absolute Gasteiger partial charge is 0.169 e. The SMILES string of the molecule is [N-]=[N+]=NC[C@H]1O[C@H](O[C@H]2[C@H](OCc3ccccc3)[C@@H](OCc3ccccc3)[C@H](O)C[C@H]2O)[C@H](N=[N+]=[N-])[C@@H](OCc2ccccc2)[C@@H]1OCc1ccccc1. The summed E-state index contributed by atoms with van der Waals surface area (Å²) in [6.45, 7) is 0.426. The van der Waals surface area contributed by atoms with Crippen molar-refractivity contribution >= 4 is 0 Å². The molecule has 2 fully saturated rings. The third-order valence-electron chi connectivity index (χ3n) is 9.45. The molecule has 54 heavy (non-hydrogen) atoms. The summed E-state index contributed by atoms with van der Waals surface area (Å²) in [7, 11) is 0. The maximum atomic E-state index is 11.5. The van der Waals surface area contributed by atoms with Gasteiger partial charge in [0, 0.05) is 16.2 Å². The Bertz CT molecular complexity index is 1800. The molecular formula is C40H44N6O8. The van der Waals surface area contributed by atoms with Crippen LogP contribution in [0.5, 0.6) is 0 Å². The Kier molecular flexibility index (Phi) is 14.4. The highest BCUT2D eigenvalue weighted by Crippen LogP contribution is 2.36. The lowest BCUT2D eigenvalue weighted by Crippen LogP contribution is -2.64. The molecule has 2 aliphatic rings. The summed E-state index contributed by atoms with van der Waals surface area (Å²) in [4.78, 5) is 6.10. The average Bonchev–Trinajstić information content (AvgIpc) is 3.21. The number of benzene rings is 4. The Hall–Kier alpha value is -4.82. The van der Waals surface area contributed by atoms with E-state index in [9.17, 15) is 21.3 Å². The van der Waals surface area contributed by atoms with E-state index in [1.165, 1.54) is 0 Å². The molecule has 0 unspecified atom stereocenters. The molecule has 282 valence electrons. The third-order valence-corrected chi connectivity index (χ3v) is 9.45. The van der Waals surface area contributed by atoms with Crippen LogP contribution in [0.25, 0.3) is 20.9 Å². The van der Waals surface area contributed by atoms with Crippen LogP contribution in [0.2, 0.25) is 0 Å². The number of hydrogen-bond acceptors (Lipinski definition) is 10. The first-order valence-electron chi connectivity index (χ1n) is 17.9. The zero-order valence-corrected chi connectivity index (χ0v) is 29.6. The Morgan fingerprint density at radius 1 is 0.556 bits per heavy atom. The van der Waals surface area contributed by atoms with Crippen molar-refractivity contribution in [3.05, 3.63) is 164 Å². The monoisotopic (exact) mass is 736 g/mol. The molecule has 0 radical (unpaired) electrons. The van der Waals surface area contributed by atoms with E-state index >= 15 is 0 Å². The van der Waals surface area contributed by atoms with E-state index in [0.717, 1.165) is 22.3 Å². The molecule has 14 heteroatoms. The van der Waals surface area contributed by atoms with Crippen molar-refractivity contribution in [2.24, 2.45) is 10.2 Å². The second-order valence-electron chi connectivity index (χ2n) is 13.2. The fourth-order valence-electron chi connectivity index (χ4n) is 6.77. The molecule has 4 aromatic carbocycles. The number of ether oxygens (including phenoxy) is 6. The van der Waals surface area contributed by atoms with Crippen molar-refractivity contribution in [1.82, 2.24) is 0 Å². The second kappa shape index (κ2) is 20.0. The van der Waals surface area contributed by atoms with Crippen LogP contribution in [0, 0.1) is 0 Å². The number of azide groups is 2. The highest BCUT2D eigenvalue weighted by molar-refractivity contribution is 5.17. The molecule has 1 aliphatic carbocycles. The van der Waals surface area contributed by atoms with E-state index in [0.29, 0.717) is 0 Å². The first kappa shape index (κ1) is 38.9. The van der Waals surface area contributed by atoms with Crippen molar-refractivity contribution < 1.29 is 38.6 Å². The first-order chi connectivity index (χ1) is 26.5. The summed E-state index contributed by atoms with van der Waals surface area (Å²) in [5.74, 6) is 0. The quantitative estimate of drug-likeness (QED) is 0.0692. The lowest BCUT2D eigenvalue weighted by molar-refractivity contribution is -0.318. The molecule has 6 rings (SSSR count). The predicted molar refractivity (Wildman–Crippen MR) is 197 cm³/mol. The standard InChI is InChI=1S/C40H44N6O8/c41-45-43-22-33-37(50-24-28-15-7-2-8-16-28)38(51-25-29-17-9-3-10-18-29)34(44-46-42)40(53-33)54-36-32(48)21-31(47)35(49-23-27-13-5-1-6-14-27)39(36)52-26-30-19-11-4-12-20-30/h1-20,31-40,47-48H,21-26H2/t31-,32-,33-,34-,35+,36-,37-,38-,39-,40-/m1/s1. The van der Waals surface area contributed by atoms with Gasteiger partial charge in [0.2, 0.25) is 0 Å². The average molecular weight is 737 g/mol. The highest BCUT2D eigenvalue weighted by atomic mass is 16.7. The topological polar surface area (TPSA) is 193 Å². The van der Waals surface area contributed by atoms with Crippen LogP contribution in [0.1, 0.15) is 28.7 Å². The summed E-state index contributed by atoms with van der Waals surface area (Å²) in [5.41, 5.74) is 22.7. The van der Waals surface area contributed by atoms with Gasteiger partial charge >= 0.3 is 0 Å². The third kappa shape index (κ3) is 10.4. The van der Waals surface area contributed by atoms with Crippen molar-refractivity contribution in [2.75, 3.05) is 6.54 Å². The summed E-state index contributed by atoms with van der Waals surface area (Å²) in [6, 6.07) is 36.8. The molecule has 0 amide bonds. The maximum absolute atomic E-state index is 11.5. The fourth-order valence-corrected chi connectivity index (χ4v) is 6.77. The summed E-state index contributed by atoms with van der Waals surface area (Å²) in [5, 5.41) is 30.8. The number of nitrogens with zero attached hydrogens (tertiary/aromatic N) is 6. The van der Waals surface area contributed by atoms with Gasteiger partial charge in [-0.2, -0.15) is 0 Å². The van der Waals surface area contributed by atoms with Gasteiger partial charge in [-0.15, -0.1) is 0 Å². The zero-order chi connectivity index (χ0) is 37.5. The van der Waals surface area contributed by atoms with E-state index in [4.69, 9.17) is 28.4 Å². The van der Waals surface area contributed by atoms with E-state index in [-0.39, 0.29) is 39.4 Å². The van der Waals surface area contributed by atoms with Gasteiger partial charge in [-0.1, -0.05) is 132 Å². The predicted octanol–water partition coefficient (Wildman–Crippen LogP) is 6.55. The number of rotatable bonds is 17. The molecular weight excluding hydrogens is 692 g/mol. The summed E-state index contributed by atoms with van der Waals surface area (Å²) in [6.07, 6.45) is -9.56. The Labute approximate surface area is 313 Å². The zero-order valence-electron chi connectivity index (χ0n) is 29.6. The van der Waals surface area contributed by atoms with E-state index in [2.05, 4.69) is 20.1 Å². The van der Waals surface area contributed by atoms with Crippen LogP contribution in [0.15, 0.2) is 132 Å². The molecule has 10 atom stereocenters. The second-order valence-corrected chi connectivity index (χ2v) is 13.2. The van der Waals surface area contributed by atoms with Gasteiger partial charge < -0.3 is 38.6 Å². The Morgan fingerprint density at radius 2 is 0.981 bits per heavy atom. The fraction of sp³-hybridized carbons (Fsp3) is 0.400. The van der Waals surface area contributed by atoms with Crippen LogP contribution < -0.4 is 0 Å². The van der Waals surface area contributed by atoms with Gasteiger partial charge in [-0.3, -0.25) is 0 Å². The minimum absolute atomic E-state index is 0.0902. The number of hydrogen-bond donors (Lipinski definition) is 2. The van der Waals surface area contributed by atoms with Gasteiger partial charge in [-0.25, -0.2) is 0 Å². The summed E-state index contributed by atoms with van der Waals surface area (Å²) >= 11 is 0. The molecule has 14 nitrogen and oxygen atoms in total. The molecule has 4 aromatic rings. The molecule has 0 bridgehead atoms. The van der Waals surface area contributed by atoms with E-state index in [1.54, 1.807) is 0 Å². The van der Waals surface area contributed by atoms with Gasteiger partial charge in [0.15, 0.2) is 6.29 Å². The van der Waals surface area contributed by atoms with Crippen molar-refractivity contribution in [3.8, 4) is 0 Å². The maximum Gasteiger partial charge on any atom is 0.169 e. The normalized spacial score (nSPS) is 28.0. The Balaban J connectivity index is 1.32. The van der Waals surface area contributed by atoms with Crippen LogP contribution in [-0.2, 0) is 54.8 Å². The number of aliphatic hydroxyl groups is 2. The molecule has 1 aliphatic heterocycles. The van der Waals surface area contributed by atoms with Crippen LogP contribution >= 0.6 is 0 Å².